The molecular formula is C20H23N3O4S. The third kappa shape index (κ3) is 4.76. The first kappa shape index (κ1) is 20.0. The van der Waals surface area contributed by atoms with E-state index in [0.29, 0.717) is 30.3 Å². The molecule has 1 N–H and O–H groups in total. The molecule has 3 aromatic rings. The Labute approximate surface area is 168 Å². The van der Waals surface area contributed by atoms with Crippen LogP contribution in [0.4, 0.5) is 5.69 Å². The SMILES string of the molecule is COCCn1c(SCC(=O)Nc2cc(OC)cc(OC)c2)nc2ccccc21. The van der Waals surface area contributed by atoms with Crippen LogP contribution in [0, 0.1) is 0 Å². The Balaban J connectivity index is 1.71. The average molecular weight is 401 g/mol. The van der Waals surface area contributed by atoms with Crippen molar-refractivity contribution in [2.75, 3.05) is 39.0 Å². The van der Waals surface area contributed by atoms with Gasteiger partial charge >= 0.3 is 0 Å². The van der Waals surface area contributed by atoms with Crippen LogP contribution < -0.4 is 14.8 Å². The fourth-order valence-corrected chi connectivity index (χ4v) is 3.61. The van der Waals surface area contributed by atoms with E-state index in [1.54, 1.807) is 39.5 Å². The van der Waals surface area contributed by atoms with Crippen molar-refractivity contribution in [3.8, 4) is 11.5 Å². The number of anilines is 1. The largest absolute Gasteiger partial charge is 0.497 e. The number of rotatable bonds is 9. The first-order chi connectivity index (χ1) is 13.6. The number of fused-ring (bicyclic) bond motifs is 1. The molecule has 0 atom stereocenters. The summed E-state index contributed by atoms with van der Waals surface area (Å²) < 4.78 is 17.7. The standard InChI is InChI=1S/C20H23N3O4S/c1-25-9-8-23-18-7-5-4-6-17(18)22-20(23)28-13-19(24)21-14-10-15(26-2)12-16(11-14)27-3/h4-7,10-12H,8-9,13H2,1-3H3,(H,21,24). The Morgan fingerprint density at radius 1 is 1.11 bits per heavy atom. The van der Waals surface area contributed by atoms with Crippen molar-refractivity contribution in [3.05, 3.63) is 42.5 Å². The van der Waals surface area contributed by atoms with Gasteiger partial charge in [-0.1, -0.05) is 23.9 Å². The lowest BCUT2D eigenvalue weighted by Gasteiger charge is -2.10. The minimum absolute atomic E-state index is 0.134. The lowest BCUT2D eigenvalue weighted by atomic mass is 10.2. The van der Waals surface area contributed by atoms with Crippen LogP contribution in [0.25, 0.3) is 11.0 Å². The number of carbonyl (C=O) groups excluding carboxylic acids is 1. The maximum Gasteiger partial charge on any atom is 0.234 e. The summed E-state index contributed by atoms with van der Waals surface area (Å²) in [5, 5.41) is 3.67. The maximum atomic E-state index is 12.5. The predicted octanol–water partition coefficient (Wildman–Crippen LogP) is 3.43. The quantitative estimate of drug-likeness (QED) is 0.554. The first-order valence-electron chi connectivity index (χ1n) is 8.74. The number of ether oxygens (including phenoxy) is 3. The molecule has 0 spiro atoms. The molecule has 0 aliphatic heterocycles. The monoisotopic (exact) mass is 401 g/mol. The number of nitrogens with zero attached hydrogens (tertiary/aromatic N) is 2. The molecule has 7 nitrogen and oxygen atoms in total. The molecule has 0 unspecified atom stereocenters. The van der Waals surface area contributed by atoms with Crippen LogP contribution in [0.3, 0.4) is 0 Å². The second-order valence-corrected chi connectivity index (χ2v) is 6.91. The van der Waals surface area contributed by atoms with E-state index in [4.69, 9.17) is 14.2 Å². The first-order valence-corrected chi connectivity index (χ1v) is 9.73. The highest BCUT2D eigenvalue weighted by Crippen LogP contribution is 2.27. The zero-order valence-corrected chi connectivity index (χ0v) is 16.9. The molecule has 3 rings (SSSR count). The van der Waals surface area contributed by atoms with Crippen molar-refractivity contribution in [2.24, 2.45) is 0 Å². The molecule has 8 heteroatoms. The smallest absolute Gasteiger partial charge is 0.234 e. The summed E-state index contributed by atoms with van der Waals surface area (Å²) in [6.07, 6.45) is 0. The Morgan fingerprint density at radius 3 is 2.50 bits per heavy atom. The van der Waals surface area contributed by atoms with Gasteiger partial charge in [-0.3, -0.25) is 4.79 Å². The van der Waals surface area contributed by atoms with Crippen molar-refractivity contribution >= 4 is 34.4 Å². The fraction of sp³-hybridized carbons (Fsp3) is 0.300. The molecule has 1 amide bonds. The summed E-state index contributed by atoms with van der Waals surface area (Å²) in [7, 11) is 4.81. The molecule has 1 heterocycles. The number of hydrogen-bond acceptors (Lipinski definition) is 6. The molecule has 0 radical (unpaired) electrons. The molecule has 0 bridgehead atoms. The molecule has 1 aromatic heterocycles. The molecule has 0 fully saturated rings. The van der Waals surface area contributed by atoms with Gasteiger partial charge in [0.05, 0.1) is 37.6 Å². The number of amides is 1. The molecule has 0 saturated carbocycles. The van der Waals surface area contributed by atoms with Gasteiger partial charge in [-0.2, -0.15) is 0 Å². The second kappa shape index (κ2) is 9.48. The maximum absolute atomic E-state index is 12.5. The van der Waals surface area contributed by atoms with Crippen LogP contribution in [-0.2, 0) is 16.1 Å². The molecule has 0 aliphatic carbocycles. The highest BCUT2D eigenvalue weighted by molar-refractivity contribution is 7.99. The van der Waals surface area contributed by atoms with E-state index in [9.17, 15) is 4.79 Å². The Morgan fingerprint density at radius 2 is 1.82 bits per heavy atom. The molecule has 28 heavy (non-hydrogen) atoms. The number of nitrogens with one attached hydrogen (secondary N) is 1. The topological polar surface area (TPSA) is 74.6 Å². The van der Waals surface area contributed by atoms with Crippen LogP contribution in [0.5, 0.6) is 11.5 Å². The van der Waals surface area contributed by atoms with E-state index in [-0.39, 0.29) is 11.7 Å². The Hall–Kier alpha value is -2.71. The Bertz CT molecular complexity index is 936. The molecule has 0 aliphatic rings. The zero-order chi connectivity index (χ0) is 19.9. The summed E-state index contributed by atoms with van der Waals surface area (Å²) >= 11 is 1.39. The lowest BCUT2D eigenvalue weighted by Crippen LogP contribution is -2.15. The molecule has 0 saturated heterocycles. The van der Waals surface area contributed by atoms with Crippen molar-refractivity contribution in [2.45, 2.75) is 11.7 Å². The van der Waals surface area contributed by atoms with Crippen molar-refractivity contribution in [3.63, 3.8) is 0 Å². The fourth-order valence-electron chi connectivity index (χ4n) is 2.77. The van der Waals surface area contributed by atoms with Gasteiger partial charge in [0.2, 0.25) is 5.91 Å². The average Bonchev–Trinajstić information content (AvgIpc) is 3.07. The van der Waals surface area contributed by atoms with E-state index in [1.165, 1.54) is 11.8 Å². The van der Waals surface area contributed by atoms with E-state index >= 15 is 0 Å². The van der Waals surface area contributed by atoms with Gasteiger partial charge in [-0.25, -0.2) is 4.98 Å². The van der Waals surface area contributed by atoms with Crippen LogP contribution in [0.15, 0.2) is 47.6 Å². The van der Waals surface area contributed by atoms with Crippen molar-refractivity contribution < 1.29 is 19.0 Å². The minimum Gasteiger partial charge on any atom is -0.497 e. The van der Waals surface area contributed by atoms with Gasteiger partial charge in [0.25, 0.3) is 0 Å². The normalized spacial score (nSPS) is 10.8. The Kier molecular flexibility index (Phi) is 6.78. The molecule has 148 valence electrons. The third-order valence-electron chi connectivity index (χ3n) is 4.11. The number of thioether (sulfide) groups is 1. The zero-order valence-electron chi connectivity index (χ0n) is 16.1. The third-order valence-corrected chi connectivity index (χ3v) is 5.08. The number of para-hydroxylation sites is 2. The summed E-state index contributed by atoms with van der Waals surface area (Å²) in [5.74, 6) is 1.33. The highest BCUT2D eigenvalue weighted by Gasteiger charge is 2.13. The van der Waals surface area contributed by atoms with E-state index < -0.39 is 0 Å². The molecular weight excluding hydrogens is 378 g/mol. The number of carbonyl (C=O) groups is 1. The summed E-state index contributed by atoms with van der Waals surface area (Å²) in [4.78, 5) is 17.1. The van der Waals surface area contributed by atoms with E-state index in [2.05, 4.69) is 14.9 Å². The van der Waals surface area contributed by atoms with Gasteiger partial charge in [-0.15, -0.1) is 0 Å². The van der Waals surface area contributed by atoms with Crippen LogP contribution >= 0.6 is 11.8 Å². The number of methoxy groups -OCH3 is 3. The second-order valence-electron chi connectivity index (χ2n) is 5.97. The summed E-state index contributed by atoms with van der Waals surface area (Å²) in [6, 6.07) is 13.2. The van der Waals surface area contributed by atoms with Crippen molar-refractivity contribution in [1.29, 1.82) is 0 Å². The number of benzene rings is 2. The summed E-state index contributed by atoms with van der Waals surface area (Å²) in [5.41, 5.74) is 2.55. The van der Waals surface area contributed by atoms with Gasteiger partial charge in [0, 0.05) is 37.5 Å². The summed E-state index contributed by atoms with van der Waals surface area (Å²) in [6.45, 7) is 1.25. The number of hydrogen-bond donors (Lipinski definition) is 1. The van der Waals surface area contributed by atoms with E-state index in [0.717, 1.165) is 16.2 Å². The van der Waals surface area contributed by atoms with Crippen LogP contribution in [0.2, 0.25) is 0 Å². The van der Waals surface area contributed by atoms with Gasteiger partial charge in [0.15, 0.2) is 5.16 Å². The minimum atomic E-state index is -0.134. The highest BCUT2D eigenvalue weighted by atomic mass is 32.2. The lowest BCUT2D eigenvalue weighted by molar-refractivity contribution is -0.113. The predicted molar refractivity (Wildman–Crippen MR) is 111 cm³/mol. The van der Waals surface area contributed by atoms with Gasteiger partial charge in [-0.05, 0) is 12.1 Å². The van der Waals surface area contributed by atoms with Gasteiger partial charge in [0.1, 0.15) is 11.5 Å². The van der Waals surface area contributed by atoms with Gasteiger partial charge < -0.3 is 24.1 Å². The molecule has 2 aromatic carbocycles. The number of aromatic nitrogens is 2. The van der Waals surface area contributed by atoms with E-state index in [1.807, 2.05) is 24.3 Å². The van der Waals surface area contributed by atoms with Crippen LogP contribution in [0.1, 0.15) is 0 Å². The number of imidazole rings is 1. The van der Waals surface area contributed by atoms with Crippen LogP contribution in [-0.4, -0.2) is 49.1 Å². The van der Waals surface area contributed by atoms with Crippen molar-refractivity contribution in [1.82, 2.24) is 9.55 Å².